The summed E-state index contributed by atoms with van der Waals surface area (Å²) in [4.78, 5) is 12.4. The Morgan fingerprint density at radius 3 is 2.27 bits per heavy atom. The maximum Gasteiger partial charge on any atom is 0.346 e. The quantitative estimate of drug-likeness (QED) is 0.462. The summed E-state index contributed by atoms with van der Waals surface area (Å²) < 4.78 is 24.5. The van der Waals surface area contributed by atoms with Gasteiger partial charge in [-0.05, 0) is 79.4 Å². The number of hydrogen-bond donors (Lipinski definition) is 0. The average Bonchev–Trinajstić information content (AvgIpc) is 3.60. The molecule has 0 bridgehead atoms. The molecular weight excluding hydrogens is 395 g/mol. The van der Waals surface area contributed by atoms with E-state index in [0.29, 0.717) is 23.0 Å². The van der Waals surface area contributed by atoms with Crippen LogP contribution >= 0.6 is 7.67 Å². The first-order valence-electron chi connectivity index (χ1n) is 12.6. The predicted molar refractivity (Wildman–Crippen MR) is 117 cm³/mol. The Morgan fingerprint density at radius 2 is 1.60 bits per heavy atom. The first-order chi connectivity index (χ1) is 14.3. The van der Waals surface area contributed by atoms with Crippen LogP contribution in [0.5, 0.6) is 0 Å². The van der Waals surface area contributed by atoms with Gasteiger partial charge in [-0.3, -0.25) is 9.36 Å². The SMILES string of the molecule is C[C@H]1C[C@@]2(C)[C@@H](CC[C@H]3[C@H]2CC[C@@]2(C)[C@@H](OP(=O)(N4CC4)N4CC4)CC[C@H]32)CC1=O. The Labute approximate surface area is 181 Å². The average molecular weight is 435 g/mol. The molecule has 0 aromatic carbocycles. The van der Waals surface area contributed by atoms with Crippen molar-refractivity contribution in [1.29, 1.82) is 0 Å². The molecule has 2 heterocycles. The van der Waals surface area contributed by atoms with Crippen molar-refractivity contribution in [3.8, 4) is 0 Å². The van der Waals surface area contributed by atoms with Gasteiger partial charge in [0, 0.05) is 38.5 Å². The molecule has 2 saturated heterocycles. The minimum absolute atomic E-state index is 0.146. The van der Waals surface area contributed by atoms with E-state index in [1.807, 2.05) is 0 Å². The third-order valence-corrected chi connectivity index (χ3v) is 13.3. The fourth-order valence-electron chi connectivity index (χ4n) is 8.60. The molecule has 0 amide bonds. The minimum Gasteiger partial charge on any atom is -0.302 e. The van der Waals surface area contributed by atoms with Crippen LogP contribution in [0.3, 0.4) is 0 Å². The summed E-state index contributed by atoms with van der Waals surface area (Å²) >= 11 is 0. The van der Waals surface area contributed by atoms with Gasteiger partial charge < -0.3 is 4.52 Å². The third kappa shape index (κ3) is 2.84. The molecule has 0 unspecified atom stereocenters. The molecule has 0 spiro atoms. The molecule has 2 aliphatic heterocycles. The maximum absolute atomic E-state index is 13.7. The van der Waals surface area contributed by atoms with Crippen molar-refractivity contribution in [3.05, 3.63) is 0 Å². The molecule has 30 heavy (non-hydrogen) atoms. The summed E-state index contributed by atoms with van der Waals surface area (Å²) in [5, 5.41) is 0. The molecule has 6 rings (SSSR count). The van der Waals surface area contributed by atoms with Gasteiger partial charge in [-0.15, -0.1) is 0 Å². The van der Waals surface area contributed by atoms with Gasteiger partial charge in [0.1, 0.15) is 5.78 Å². The van der Waals surface area contributed by atoms with E-state index in [2.05, 4.69) is 30.1 Å². The topological polar surface area (TPSA) is 49.4 Å². The molecule has 6 fully saturated rings. The van der Waals surface area contributed by atoms with E-state index in [-0.39, 0.29) is 17.4 Å². The Hall–Kier alpha value is -0.220. The van der Waals surface area contributed by atoms with Gasteiger partial charge in [-0.1, -0.05) is 20.8 Å². The van der Waals surface area contributed by atoms with Gasteiger partial charge >= 0.3 is 7.67 Å². The van der Waals surface area contributed by atoms with E-state index in [9.17, 15) is 9.36 Å². The largest absolute Gasteiger partial charge is 0.346 e. The Morgan fingerprint density at radius 1 is 0.933 bits per heavy atom. The van der Waals surface area contributed by atoms with E-state index >= 15 is 0 Å². The smallest absolute Gasteiger partial charge is 0.302 e. The monoisotopic (exact) mass is 434 g/mol. The van der Waals surface area contributed by atoms with E-state index in [1.54, 1.807) is 0 Å². The zero-order valence-corrected chi connectivity index (χ0v) is 19.9. The molecule has 8 atom stereocenters. The summed E-state index contributed by atoms with van der Waals surface area (Å²) in [6, 6.07) is 0. The van der Waals surface area contributed by atoms with Crippen LogP contribution in [0.15, 0.2) is 0 Å². The number of rotatable bonds is 4. The number of carbonyl (C=O) groups excluding carboxylic acids is 1. The van der Waals surface area contributed by atoms with Gasteiger partial charge in [0.2, 0.25) is 0 Å². The minimum atomic E-state index is -2.76. The fourth-order valence-corrected chi connectivity index (χ4v) is 11.1. The molecule has 0 N–H and O–H groups in total. The molecule has 168 valence electrons. The Balaban J connectivity index is 1.24. The van der Waals surface area contributed by atoms with Gasteiger partial charge in [-0.25, -0.2) is 9.34 Å². The molecule has 4 saturated carbocycles. The van der Waals surface area contributed by atoms with Gasteiger partial charge in [0.25, 0.3) is 0 Å². The lowest BCUT2D eigenvalue weighted by Gasteiger charge is -2.60. The summed E-state index contributed by atoms with van der Waals surface area (Å²) in [6.07, 6.45) is 9.36. The van der Waals surface area contributed by atoms with Crippen LogP contribution in [0.1, 0.15) is 72.1 Å². The van der Waals surface area contributed by atoms with Crippen LogP contribution in [0, 0.1) is 40.4 Å². The highest BCUT2D eigenvalue weighted by Crippen LogP contribution is 2.70. The van der Waals surface area contributed by atoms with E-state index < -0.39 is 7.67 Å². The highest BCUT2D eigenvalue weighted by Gasteiger charge is 2.63. The van der Waals surface area contributed by atoms with Crippen molar-refractivity contribution in [1.82, 2.24) is 9.34 Å². The number of hydrogen-bond acceptors (Lipinski definition) is 3. The summed E-state index contributed by atoms with van der Waals surface area (Å²) in [6.45, 7) is 10.9. The van der Waals surface area contributed by atoms with E-state index in [4.69, 9.17) is 4.52 Å². The first kappa shape index (κ1) is 20.4. The van der Waals surface area contributed by atoms with Crippen molar-refractivity contribution in [3.63, 3.8) is 0 Å². The molecule has 0 radical (unpaired) electrons. The highest BCUT2D eigenvalue weighted by atomic mass is 31.2. The molecule has 6 aliphatic rings. The second-order valence-electron chi connectivity index (χ2n) is 12.0. The van der Waals surface area contributed by atoms with Crippen LogP contribution in [-0.4, -0.2) is 47.4 Å². The number of Topliss-reactive ketones (excluding diaryl/α,β-unsaturated/α-hetero) is 1. The highest BCUT2D eigenvalue weighted by molar-refractivity contribution is 7.54. The van der Waals surface area contributed by atoms with Gasteiger partial charge in [0.15, 0.2) is 0 Å². The van der Waals surface area contributed by atoms with Crippen LogP contribution in [0.25, 0.3) is 0 Å². The first-order valence-corrected chi connectivity index (χ1v) is 14.1. The molecule has 0 aromatic rings. The Bertz CT molecular complexity index is 779. The third-order valence-electron chi connectivity index (χ3n) is 10.5. The lowest BCUT2D eigenvalue weighted by Crippen LogP contribution is -2.55. The van der Waals surface area contributed by atoms with Gasteiger partial charge in [0.05, 0.1) is 6.10 Å². The standard InChI is InChI=1S/C24H39N2O3P/c1-16-15-24(3)17(14-21(16)27)4-5-18-19-6-7-22(23(19,2)9-8-20(18)24)29-30(28,25-10-11-25)26-12-13-26/h16-20,22H,4-15H2,1-3H3/t16-,17-,18+,19+,20+,22-,23+,24-/m0/s1. The van der Waals surface area contributed by atoms with Crippen LogP contribution in [-0.2, 0) is 13.9 Å². The molecular formula is C24H39N2O3P. The zero-order chi connectivity index (χ0) is 20.9. The van der Waals surface area contributed by atoms with Crippen LogP contribution in [0.4, 0.5) is 0 Å². The second-order valence-corrected chi connectivity index (χ2v) is 14.4. The summed E-state index contributed by atoms with van der Waals surface area (Å²) in [5.41, 5.74) is 0.507. The lowest BCUT2D eigenvalue weighted by molar-refractivity contribution is -0.148. The van der Waals surface area contributed by atoms with Crippen molar-refractivity contribution in [2.45, 2.75) is 78.2 Å². The van der Waals surface area contributed by atoms with Crippen molar-refractivity contribution in [2.24, 2.45) is 40.4 Å². The maximum atomic E-state index is 13.7. The van der Waals surface area contributed by atoms with Gasteiger partial charge in [-0.2, -0.15) is 0 Å². The molecule has 4 aliphatic carbocycles. The second kappa shape index (κ2) is 6.65. The van der Waals surface area contributed by atoms with Crippen LogP contribution in [0.2, 0.25) is 0 Å². The zero-order valence-electron chi connectivity index (χ0n) is 19.0. The van der Waals surface area contributed by atoms with E-state index in [0.717, 1.165) is 57.3 Å². The van der Waals surface area contributed by atoms with Crippen molar-refractivity contribution in [2.75, 3.05) is 26.2 Å². The number of fused-ring (bicyclic) bond motifs is 5. The van der Waals surface area contributed by atoms with Crippen molar-refractivity contribution < 1.29 is 13.9 Å². The lowest BCUT2D eigenvalue weighted by atomic mass is 9.44. The predicted octanol–water partition coefficient (Wildman–Crippen LogP) is 4.97. The molecule has 0 aromatic heterocycles. The fraction of sp³-hybridized carbons (Fsp3) is 0.958. The molecule has 5 nitrogen and oxygen atoms in total. The molecule has 6 heteroatoms. The van der Waals surface area contributed by atoms with Crippen LogP contribution < -0.4 is 0 Å². The number of ketones is 1. The van der Waals surface area contributed by atoms with Crippen molar-refractivity contribution >= 4 is 13.5 Å². The normalized spacial score (nSPS) is 51.2. The Kier molecular flexibility index (Phi) is 4.52. The number of nitrogens with zero attached hydrogens (tertiary/aromatic N) is 2. The summed E-state index contributed by atoms with van der Waals surface area (Å²) in [7, 11) is -2.76. The number of carbonyl (C=O) groups is 1. The summed E-state index contributed by atoms with van der Waals surface area (Å²) in [5.74, 6) is 3.57. The van der Waals surface area contributed by atoms with E-state index in [1.165, 1.54) is 32.1 Å².